The van der Waals surface area contributed by atoms with Crippen LogP contribution in [0.3, 0.4) is 0 Å². The predicted molar refractivity (Wildman–Crippen MR) is 258 cm³/mol. The first-order valence-electron chi connectivity index (χ1n) is 20.7. The van der Waals surface area contributed by atoms with E-state index in [0.717, 1.165) is 46.5 Å². The number of hydrogen-bond donors (Lipinski definition) is 2. The number of rotatable bonds is 30. The highest BCUT2D eigenvalue weighted by molar-refractivity contribution is 14.0. The molecule has 4 aromatic rings. The van der Waals surface area contributed by atoms with Crippen molar-refractivity contribution in [3.05, 3.63) is 47.6 Å². The van der Waals surface area contributed by atoms with Crippen LogP contribution < -0.4 is 44.8 Å². The van der Waals surface area contributed by atoms with Crippen LogP contribution in [-0.4, -0.2) is 179 Å². The maximum absolute atomic E-state index is 5.87. The van der Waals surface area contributed by atoms with Gasteiger partial charge in [-0.3, -0.25) is 0 Å². The summed E-state index contributed by atoms with van der Waals surface area (Å²) in [6, 6.07) is 0. The molecular formula is C39H82I3N16O6+3. The minimum absolute atomic E-state index is 0. The highest BCUT2D eigenvalue weighted by atomic mass is 127. The summed E-state index contributed by atoms with van der Waals surface area (Å²) in [5.74, 6) is 0. The largest absolute Gasteiger partial charge is 1.00 e. The van der Waals surface area contributed by atoms with Crippen LogP contribution >= 0.6 is 48.0 Å². The molecule has 0 aliphatic heterocycles. The van der Waals surface area contributed by atoms with Crippen molar-refractivity contribution >= 4 is 48.0 Å². The summed E-state index contributed by atoms with van der Waals surface area (Å²) in [6.45, 7) is 14.9. The second kappa shape index (κ2) is 34.6. The second-order valence-corrected chi connectivity index (χ2v) is 16.8. The van der Waals surface area contributed by atoms with E-state index in [9.17, 15) is 0 Å². The van der Waals surface area contributed by atoms with Crippen molar-refractivity contribution in [3.8, 4) is 0 Å². The summed E-state index contributed by atoms with van der Waals surface area (Å²) in [5, 5.41) is 24.8. The maximum atomic E-state index is 5.87. The Morgan fingerprint density at radius 2 is 0.984 bits per heavy atom. The van der Waals surface area contributed by atoms with Gasteiger partial charge >= 0.3 is 0 Å². The van der Waals surface area contributed by atoms with E-state index in [4.69, 9.17) is 39.9 Å². The second-order valence-electron chi connectivity index (χ2n) is 16.8. The Kier molecular flexibility index (Phi) is 34.8. The number of nitrogens with zero attached hydrogens (tertiary/aromatic N) is 14. The molecule has 0 bridgehead atoms. The van der Waals surface area contributed by atoms with E-state index in [1.54, 1.807) is 9.36 Å². The van der Waals surface area contributed by atoms with Crippen molar-refractivity contribution < 1.29 is 70.7 Å². The normalized spacial score (nSPS) is 12.3. The van der Waals surface area contributed by atoms with Crippen LogP contribution in [0.2, 0.25) is 0 Å². The molecule has 0 spiro atoms. The summed E-state index contributed by atoms with van der Waals surface area (Å²) in [6.07, 6.45) is 7.85. The van der Waals surface area contributed by atoms with Gasteiger partial charge in [-0.15, -0.1) is 76.9 Å². The molecule has 4 N–H and O–H groups in total. The lowest BCUT2D eigenvalue weighted by molar-refractivity contribution is -0.884. The topological polar surface area (TPSA) is 212 Å². The Morgan fingerprint density at radius 3 is 1.41 bits per heavy atom. The van der Waals surface area contributed by atoms with Crippen molar-refractivity contribution in [2.24, 2.45) is 25.6 Å². The lowest BCUT2D eigenvalue weighted by atomic mass is 10.4. The van der Waals surface area contributed by atoms with Crippen LogP contribution in [0.25, 0.3) is 0 Å². The molecule has 0 saturated heterocycles. The maximum Gasteiger partial charge on any atom is 0.221 e. The van der Waals surface area contributed by atoms with Crippen LogP contribution in [0.1, 0.15) is 44.0 Å². The summed E-state index contributed by atoms with van der Waals surface area (Å²) >= 11 is 0. The molecule has 0 amide bonds. The standard InChI is InChI=1S/C23H48N8O3.C15H28N8O3.CH4.3HI/c1-21(34-13-11-29-17-23(27(3)25-29)19-31(7,8)9)20-33-15-14-32-12-10-28-16-22(26(2)24-28)18-30(4,5)6;1-13(26-5-3-23-11-15(9-17)19-21-23)12-25-7-6-24-4-2-22-10-14(8-16)18-20-22;;;;/h16-17,21H,10-15,18-20H2,1-9H3;10-11,13H,2-9,12,16-17H2,1H3;1H4;3*1H/q+4;;;;;/p-1. The number of aromatic nitrogens is 12. The van der Waals surface area contributed by atoms with Gasteiger partial charge in [0, 0.05) is 25.5 Å². The number of nitrogens with two attached hydrogens (primary N) is 2. The molecule has 25 heteroatoms. The fraction of sp³-hybridized carbons (Fsp3) is 0.795. The summed E-state index contributed by atoms with van der Waals surface area (Å²) in [7, 11) is 17.0. The molecule has 4 aromatic heterocycles. The lowest BCUT2D eigenvalue weighted by Crippen LogP contribution is -3.00. The third-order valence-corrected chi connectivity index (χ3v) is 8.61. The molecule has 0 aromatic carbocycles. The van der Waals surface area contributed by atoms with E-state index >= 15 is 0 Å². The first-order chi connectivity index (χ1) is 28.5. The molecule has 0 fully saturated rings. The van der Waals surface area contributed by atoms with Crippen LogP contribution in [0.5, 0.6) is 0 Å². The zero-order valence-corrected chi connectivity index (χ0v) is 46.1. The Hall–Kier alpha value is -1.65. The minimum Gasteiger partial charge on any atom is -1.00 e. The zero-order chi connectivity index (χ0) is 44.0. The fourth-order valence-corrected chi connectivity index (χ4v) is 5.63. The monoisotopic (exact) mass is 1250 g/mol. The van der Waals surface area contributed by atoms with Gasteiger partial charge in [0.2, 0.25) is 11.4 Å². The molecule has 0 aliphatic rings. The van der Waals surface area contributed by atoms with Gasteiger partial charge in [-0.2, -0.15) is 0 Å². The summed E-state index contributed by atoms with van der Waals surface area (Å²) < 4.78 is 46.9. The molecule has 2 atom stereocenters. The van der Waals surface area contributed by atoms with Gasteiger partial charge in [0.25, 0.3) is 0 Å². The molecule has 64 heavy (non-hydrogen) atoms. The van der Waals surface area contributed by atoms with Crippen LogP contribution in [0.15, 0.2) is 24.8 Å². The fourth-order valence-electron chi connectivity index (χ4n) is 5.63. The Bertz CT molecular complexity index is 1750. The van der Waals surface area contributed by atoms with E-state index in [-0.39, 0.29) is 91.6 Å². The molecule has 0 radical (unpaired) electrons. The Labute approximate surface area is 432 Å². The van der Waals surface area contributed by atoms with Crippen molar-refractivity contribution in [2.45, 2.75) is 85.8 Å². The van der Waals surface area contributed by atoms with Gasteiger partial charge in [0.1, 0.15) is 40.3 Å². The van der Waals surface area contributed by atoms with Crippen molar-refractivity contribution in [1.29, 1.82) is 0 Å². The van der Waals surface area contributed by atoms with Gasteiger partial charge in [-0.1, -0.05) is 17.9 Å². The third-order valence-electron chi connectivity index (χ3n) is 8.61. The third kappa shape index (κ3) is 28.5. The first kappa shape index (κ1) is 64.4. The van der Waals surface area contributed by atoms with Gasteiger partial charge in [-0.05, 0) is 13.8 Å². The quantitative estimate of drug-likeness (QED) is 0.0232. The van der Waals surface area contributed by atoms with Crippen LogP contribution in [0, 0.1) is 0 Å². The number of aryl methyl sites for hydroxylation is 2. The number of halogens is 3. The number of hydrogen-bond acceptors (Lipinski definition) is 14. The molecule has 2 unspecified atom stereocenters. The van der Waals surface area contributed by atoms with Crippen molar-refractivity contribution in [3.63, 3.8) is 0 Å². The summed E-state index contributed by atoms with van der Waals surface area (Å²) in [5.41, 5.74) is 14.9. The van der Waals surface area contributed by atoms with Gasteiger partial charge in [0.15, 0.2) is 12.4 Å². The van der Waals surface area contributed by atoms with Crippen LogP contribution in [-0.2, 0) is 94.9 Å². The average Bonchev–Trinajstić information content (AvgIpc) is 3.98. The molecule has 0 saturated carbocycles. The molecule has 22 nitrogen and oxygen atoms in total. The Morgan fingerprint density at radius 1 is 0.594 bits per heavy atom. The van der Waals surface area contributed by atoms with E-state index in [1.807, 2.05) is 59.1 Å². The Balaban J connectivity index is 0. The molecule has 0 aliphatic carbocycles. The molecule has 4 rings (SSSR count). The lowest BCUT2D eigenvalue weighted by Gasteiger charge is -2.21. The van der Waals surface area contributed by atoms with E-state index in [2.05, 4.69) is 85.7 Å². The van der Waals surface area contributed by atoms with E-state index in [0.29, 0.717) is 92.2 Å². The SMILES string of the molecule is C.CC(COCCOCC[n+]1cc(C[N+](C)(C)C)n(C)n1)OCC[n+]1cc(C[N+](C)(C)C)n(C)n1.CC(COCCOCCn1cc(CN)nn1)OCCn1cc(CN)nn1.I.I.[I-]. The predicted octanol–water partition coefficient (Wildman–Crippen LogP) is -2.92. The van der Waals surface area contributed by atoms with Crippen molar-refractivity contribution in [2.75, 3.05) is 108 Å². The summed E-state index contributed by atoms with van der Waals surface area (Å²) in [4.78, 5) is 0. The van der Waals surface area contributed by atoms with Gasteiger partial charge < -0.3 is 72.8 Å². The molecule has 372 valence electrons. The van der Waals surface area contributed by atoms with E-state index in [1.165, 1.54) is 11.4 Å². The number of quaternary nitrogens is 2. The van der Waals surface area contributed by atoms with Crippen LogP contribution in [0.4, 0.5) is 0 Å². The number of ether oxygens (including phenoxy) is 6. The van der Waals surface area contributed by atoms with E-state index < -0.39 is 0 Å². The zero-order valence-electron chi connectivity index (χ0n) is 39.3. The highest BCUT2D eigenvalue weighted by Crippen LogP contribution is 2.04. The molecular weight excluding hydrogens is 1170 g/mol. The van der Waals surface area contributed by atoms with Crippen molar-refractivity contribution in [1.82, 2.24) is 49.8 Å². The van der Waals surface area contributed by atoms with Gasteiger partial charge in [0.05, 0.1) is 155 Å². The highest BCUT2D eigenvalue weighted by Gasteiger charge is 2.21. The molecule has 4 heterocycles. The smallest absolute Gasteiger partial charge is 0.221 e. The minimum atomic E-state index is -0.00247. The first-order valence-corrected chi connectivity index (χ1v) is 20.7. The van der Waals surface area contributed by atoms with Gasteiger partial charge in [-0.25, -0.2) is 9.36 Å². The average molecular weight is 1250 g/mol.